The molecule has 0 amide bonds. The number of alkyl halides is 4. The van der Waals surface area contributed by atoms with Crippen LogP contribution < -0.4 is 0 Å². The molecule has 0 spiro atoms. The van der Waals surface area contributed by atoms with E-state index in [1.54, 1.807) is 13.8 Å². The standard InChI is InChI=1S/C12H10Cl6O4/c1-3-21-9(19)7(13)5-6(8(14)10(20)22-4-2)12(17,18)11(5,15)16/h3-4H2,1-2H3/b7-5-,8-6+. The minimum Gasteiger partial charge on any atom is -0.462 e. The first-order valence-electron chi connectivity index (χ1n) is 5.94. The predicted octanol–water partition coefficient (Wildman–Crippen LogP) is 4.46. The maximum absolute atomic E-state index is 11.7. The molecule has 0 bridgehead atoms. The van der Waals surface area contributed by atoms with Crippen molar-refractivity contribution in [3.63, 3.8) is 0 Å². The molecule has 22 heavy (non-hydrogen) atoms. The lowest BCUT2D eigenvalue weighted by molar-refractivity contribution is -0.138. The van der Waals surface area contributed by atoms with Crippen LogP contribution in [-0.2, 0) is 19.1 Å². The van der Waals surface area contributed by atoms with Crippen LogP contribution in [0.1, 0.15) is 13.8 Å². The van der Waals surface area contributed by atoms with Gasteiger partial charge >= 0.3 is 11.9 Å². The van der Waals surface area contributed by atoms with Crippen molar-refractivity contribution in [2.24, 2.45) is 0 Å². The first kappa shape index (κ1) is 20.2. The molecule has 10 heteroatoms. The highest BCUT2D eigenvalue weighted by Gasteiger charge is 2.67. The van der Waals surface area contributed by atoms with Gasteiger partial charge in [-0.3, -0.25) is 0 Å². The zero-order valence-corrected chi connectivity index (χ0v) is 15.9. The first-order chi connectivity index (χ1) is 10.0. The van der Waals surface area contributed by atoms with Gasteiger partial charge in [-0.1, -0.05) is 69.6 Å². The predicted molar refractivity (Wildman–Crippen MR) is 87.9 cm³/mol. The van der Waals surface area contributed by atoms with Crippen LogP contribution in [0.2, 0.25) is 0 Å². The fourth-order valence-corrected chi connectivity index (χ4v) is 3.56. The second-order valence-electron chi connectivity index (χ2n) is 3.97. The van der Waals surface area contributed by atoms with Crippen molar-refractivity contribution in [1.29, 1.82) is 0 Å². The smallest absolute Gasteiger partial charge is 0.350 e. The van der Waals surface area contributed by atoms with E-state index in [9.17, 15) is 9.59 Å². The highest BCUT2D eigenvalue weighted by atomic mass is 35.5. The average Bonchev–Trinajstić information content (AvgIpc) is 2.43. The summed E-state index contributed by atoms with van der Waals surface area (Å²) >= 11 is 35.9. The Labute approximate surface area is 157 Å². The van der Waals surface area contributed by atoms with Crippen molar-refractivity contribution in [3.8, 4) is 0 Å². The zero-order valence-electron chi connectivity index (χ0n) is 11.3. The molecule has 0 unspecified atom stereocenters. The number of hydrogen-bond donors (Lipinski definition) is 0. The van der Waals surface area contributed by atoms with Gasteiger partial charge in [-0.15, -0.1) is 0 Å². The Kier molecular flexibility index (Phi) is 6.77. The second-order valence-corrected chi connectivity index (χ2v) is 7.38. The molecule has 0 saturated heterocycles. The summed E-state index contributed by atoms with van der Waals surface area (Å²) < 4.78 is 5.58. The van der Waals surface area contributed by atoms with Gasteiger partial charge in [-0.25, -0.2) is 9.59 Å². The minimum absolute atomic E-state index is 0.0669. The van der Waals surface area contributed by atoms with Gasteiger partial charge in [0.1, 0.15) is 10.1 Å². The van der Waals surface area contributed by atoms with Crippen molar-refractivity contribution >= 4 is 81.5 Å². The third kappa shape index (κ3) is 3.33. The summed E-state index contributed by atoms with van der Waals surface area (Å²) in [5, 5.41) is -0.942. The normalized spacial score (nSPS) is 23.3. The molecule has 0 aromatic rings. The molecule has 1 aliphatic rings. The quantitative estimate of drug-likeness (QED) is 0.375. The lowest BCUT2D eigenvalue weighted by atomic mass is 9.81. The van der Waals surface area contributed by atoms with Gasteiger partial charge in [0.05, 0.1) is 13.2 Å². The number of esters is 2. The number of ether oxygens (including phenoxy) is 2. The summed E-state index contributed by atoms with van der Waals surface area (Å²) in [6.45, 7) is 3.30. The number of carbonyl (C=O) groups is 2. The van der Waals surface area contributed by atoms with Gasteiger partial charge in [0.15, 0.2) is 8.67 Å². The molecule has 0 N–H and O–H groups in total. The van der Waals surface area contributed by atoms with E-state index in [2.05, 4.69) is 0 Å². The summed E-state index contributed by atoms with van der Waals surface area (Å²) in [6.07, 6.45) is 0. The van der Waals surface area contributed by atoms with E-state index in [4.69, 9.17) is 79.1 Å². The molecule has 4 nitrogen and oxygen atoms in total. The van der Waals surface area contributed by atoms with Gasteiger partial charge in [0.2, 0.25) is 0 Å². The van der Waals surface area contributed by atoms with Crippen LogP contribution in [0.3, 0.4) is 0 Å². The van der Waals surface area contributed by atoms with E-state index in [1.165, 1.54) is 0 Å². The Morgan fingerprint density at radius 2 is 1.09 bits per heavy atom. The summed E-state index contributed by atoms with van der Waals surface area (Å²) in [5.74, 6) is -1.81. The van der Waals surface area contributed by atoms with Crippen LogP contribution in [0.25, 0.3) is 0 Å². The fraction of sp³-hybridized carbons (Fsp3) is 0.500. The van der Waals surface area contributed by atoms with Gasteiger partial charge in [-0.2, -0.15) is 0 Å². The van der Waals surface area contributed by atoms with Crippen LogP contribution in [-0.4, -0.2) is 33.8 Å². The molecular formula is C12H10Cl6O4. The number of halogens is 6. The van der Waals surface area contributed by atoms with Crippen LogP contribution >= 0.6 is 69.6 Å². The Bertz CT molecular complexity index is 514. The van der Waals surface area contributed by atoms with Crippen molar-refractivity contribution in [2.45, 2.75) is 22.5 Å². The van der Waals surface area contributed by atoms with Crippen molar-refractivity contribution < 1.29 is 19.1 Å². The molecular weight excluding hydrogens is 421 g/mol. The van der Waals surface area contributed by atoms with Crippen LogP contribution in [0, 0.1) is 0 Å². The summed E-state index contributed by atoms with van der Waals surface area (Å²) in [6, 6.07) is 0. The largest absolute Gasteiger partial charge is 0.462 e. The number of rotatable bonds is 4. The maximum Gasteiger partial charge on any atom is 0.350 e. The second kappa shape index (κ2) is 7.37. The maximum atomic E-state index is 11.7. The highest BCUT2D eigenvalue weighted by Crippen LogP contribution is 2.67. The van der Waals surface area contributed by atoms with Gasteiger partial charge in [-0.05, 0) is 13.8 Å². The molecule has 0 aliphatic heterocycles. The summed E-state index contributed by atoms with van der Waals surface area (Å²) in [4.78, 5) is 23.5. The molecule has 1 saturated carbocycles. The van der Waals surface area contributed by atoms with E-state index in [-0.39, 0.29) is 24.4 Å². The van der Waals surface area contributed by atoms with Gasteiger partial charge in [0, 0.05) is 11.1 Å². The van der Waals surface area contributed by atoms with Crippen LogP contribution in [0.5, 0.6) is 0 Å². The number of allylic oxidation sites excluding steroid dienone is 2. The molecule has 0 aromatic carbocycles. The minimum atomic E-state index is -1.96. The Hall–Kier alpha value is 0.160. The Balaban J connectivity index is 3.47. The third-order valence-corrected chi connectivity index (χ3v) is 5.58. The van der Waals surface area contributed by atoms with Crippen LogP contribution in [0.4, 0.5) is 0 Å². The van der Waals surface area contributed by atoms with E-state index in [0.717, 1.165) is 0 Å². The van der Waals surface area contributed by atoms with Gasteiger partial charge in [0.25, 0.3) is 0 Å². The zero-order chi connectivity index (χ0) is 17.3. The SMILES string of the molecule is CCOC(=O)/C(Cl)=C1\C(=C(/Cl)C(=O)OCC)C(Cl)(Cl)C1(Cl)Cl. The van der Waals surface area contributed by atoms with Crippen molar-refractivity contribution in [3.05, 3.63) is 21.2 Å². The molecule has 1 rings (SSSR count). The number of carbonyl (C=O) groups excluding carboxylic acids is 2. The summed E-state index contributed by atoms with van der Waals surface area (Å²) in [5.41, 5.74) is -0.391. The first-order valence-corrected chi connectivity index (χ1v) is 8.21. The monoisotopic (exact) mass is 428 g/mol. The van der Waals surface area contributed by atoms with Crippen LogP contribution in [0.15, 0.2) is 21.2 Å². The van der Waals surface area contributed by atoms with E-state index < -0.39 is 30.7 Å². The fourth-order valence-electron chi connectivity index (χ4n) is 1.65. The van der Waals surface area contributed by atoms with Gasteiger partial charge < -0.3 is 9.47 Å². The Morgan fingerprint density at radius 3 is 1.32 bits per heavy atom. The lowest BCUT2D eigenvalue weighted by Crippen LogP contribution is -2.54. The van der Waals surface area contributed by atoms with Crippen molar-refractivity contribution in [1.82, 2.24) is 0 Å². The van der Waals surface area contributed by atoms with Crippen molar-refractivity contribution in [2.75, 3.05) is 13.2 Å². The van der Waals surface area contributed by atoms with E-state index in [0.29, 0.717) is 0 Å². The van der Waals surface area contributed by atoms with E-state index in [1.807, 2.05) is 0 Å². The molecule has 1 aliphatic carbocycles. The lowest BCUT2D eigenvalue weighted by Gasteiger charge is -2.48. The van der Waals surface area contributed by atoms with E-state index >= 15 is 0 Å². The molecule has 124 valence electrons. The molecule has 0 atom stereocenters. The average molecular weight is 431 g/mol. The Morgan fingerprint density at radius 1 is 0.818 bits per heavy atom. The topological polar surface area (TPSA) is 52.6 Å². The number of hydrogen-bond acceptors (Lipinski definition) is 4. The third-order valence-electron chi connectivity index (χ3n) is 2.62. The highest BCUT2D eigenvalue weighted by molar-refractivity contribution is 6.70. The molecule has 0 heterocycles. The molecule has 1 fully saturated rings. The molecule has 0 aromatic heterocycles. The molecule has 0 radical (unpaired) electrons. The summed E-state index contributed by atoms with van der Waals surface area (Å²) in [7, 11) is 0.